The summed E-state index contributed by atoms with van der Waals surface area (Å²) in [6.45, 7) is 0.0942. The molecule has 0 atom stereocenters. The van der Waals surface area contributed by atoms with E-state index in [1.807, 2.05) is 0 Å². The fraction of sp³-hybridized carbons (Fsp3) is 0.600. The topological polar surface area (TPSA) is 63.6 Å². The Labute approximate surface area is 146 Å². The maximum atomic E-state index is 10.3. The van der Waals surface area contributed by atoms with Crippen LogP contribution in [-0.2, 0) is 19.9 Å². The summed E-state index contributed by atoms with van der Waals surface area (Å²) in [5.41, 5.74) is 1.46. The van der Waals surface area contributed by atoms with Crippen LogP contribution in [0.4, 0.5) is 0 Å². The zero-order chi connectivity index (χ0) is 16.1. The van der Waals surface area contributed by atoms with Crippen LogP contribution in [0.3, 0.4) is 0 Å². The van der Waals surface area contributed by atoms with E-state index in [4.69, 9.17) is 4.55 Å². The molecule has 7 heteroatoms. The molecule has 0 fully saturated rings. The monoisotopic (exact) mass is 460 g/mol. The summed E-state index contributed by atoms with van der Waals surface area (Å²) in [5, 5.41) is 5.08. The van der Waals surface area contributed by atoms with Crippen molar-refractivity contribution in [3.63, 3.8) is 0 Å². The molecule has 0 saturated carbocycles. The van der Waals surface area contributed by atoms with Gasteiger partial charge in [-0.25, -0.2) is 0 Å². The number of unbranched alkanes of at least 4 members (excludes halogenated alkanes) is 2. The van der Waals surface area contributed by atoms with Gasteiger partial charge in [-0.3, -0.25) is 0 Å². The molecule has 0 amide bonds. The molecule has 0 aliphatic rings. The molecule has 0 bridgehead atoms. The van der Waals surface area contributed by atoms with Gasteiger partial charge in [0.25, 0.3) is 0 Å². The van der Waals surface area contributed by atoms with E-state index in [1.54, 1.807) is 0 Å². The molecular formula is C15H24O4SSe2. The van der Waals surface area contributed by atoms with E-state index in [0.29, 0.717) is 21.4 Å². The average Bonchev–Trinajstić information content (AvgIpc) is 2.48. The number of hydrogen-bond donors (Lipinski definition) is 1. The van der Waals surface area contributed by atoms with Gasteiger partial charge in [0, 0.05) is 0 Å². The summed E-state index contributed by atoms with van der Waals surface area (Å²) in [4.78, 5) is 0. The van der Waals surface area contributed by atoms with Crippen LogP contribution >= 0.6 is 0 Å². The van der Waals surface area contributed by atoms with E-state index in [-0.39, 0.29) is 6.61 Å². The zero-order valence-electron chi connectivity index (χ0n) is 12.6. The van der Waals surface area contributed by atoms with Crippen molar-refractivity contribution in [1.82, 2.24) is 0 Å². The van der Waals surface area contributed by atoms with Gasteiger partial charge in [-0.1, -0.05) is 0 Å². The van der Waals surface area contributed by atoms with Gasteiger partial charge in [0.2, 0.25) is 0 Å². The quantitative estimate of drug-likeness (QED) is 0.280. The SMILES string of the molecule is O=S(=O)(O)OCCCC[Se]CCCC[Se]Cc1ccccc1. The molecule has 0 radical (unpaired) electrons. The van der Waals surface area contributed by atoms with Crippen molar-refractivity contribution in [2.75, 3.05) is 6.61 Å². The maximum absolute atomic E-state index is 10.3. The van der Waals surface area contributed by atoms with Crippen LogP contribution in [0.1, 0.15) is 31.2 Å². The standard InChI is InChI=1S/C15H24O4SSe2/c16-20(17,18)19-10-4-5-11-21-12-6-7-13-22-14-15-8-2-1-3-9-15/h1-3,8-9H,4-7,10-14H2,(H,16,17,18). The molecule has 0 heterocycles. The van der Waals surface area contributed by atoms with Gasteiger partial charge in [-0.05, 0) is 0 Å². The Kier molecular flexibility index (Phi) is 11.5. The number of benzene rings is 1. The van der Waals surface area contributed by atoms with E-state index < -0.39 is 10.4 Å². The van der Waals surface area contributed by atoms with Crippen molar-refractivity contribution in [3.05, 3.63) is 35.9 Å². The van der Waals surface area contributed by atoms with Crippen LogP contribution in [0.5, 0.6) is 0 Å². The van der Waals surface area contributed by atoms with E-state index in [1.165, 1.54) is 34.4 Å². The molecule has 1 aromatic carbocycles. The molecule has 126 valence electrons. The molecule has 0 aliphatic heterocycles. The van der Waals surface area contributed by atoms with Crippen LogP contribution in [0, 0.1) is 0 Å². The molecule has 1 N–H and O–H groups in total. The first-order valence-corrected chi connectivity index (χ1v) is 13.6. The van der Waals surface area contributed by atoms with Crippen LogP contribution in [0.25, 0.3) is 0 Å². The van der Waals surface area contributed by atoms with E-state index in [0.717, 1.165) is 26.7 Å². The van der Waals surface area contributed by atoms with E-state index in [9.17, 15) is 8.42 Å². The van der Waals surface area contributed by atoms with Crippen molar-refractivity contribution < 1.29 is 17.2 Å². The van der Waals surface area contributed by atoms with Crippen LogP contribution < -0.4 is 0 Å². The second kappa shape index (κ2) is 12.5. The summed E-state index contributed by atoms with van der Waals surface area (Å²) in [6.07, 6.45) is 4.33. The second-order valence-corrected chi connectivity index (χ2v) is 10.8. The first kappa shape index (κ1) is 20.2. The predicted octanol–water partition coefficient (Wildman–Crippen LogP) is 3.23. The third kappa shape index (κ3) is 12.7. The molecule has 1 aromatic rings. The second-order valence-electron chi connectivity index (χ2n) is 4.81. The Morgan fingerprint density at radius 1 is 0.909 bits per heavy atom. The minimum atomic E-state index is -4.25. The number of rotatable bonds is 13. The Morgan fingerprint density at radius 3 is 2.14 bits per heavy atom. The first-order chi connectivity index (χ1) is 10.6. The summed E-state index contributed by atoms with van der Waals surface area (Å²) in [5.74, 6) is 0. The normalized spacial score (nSPS) is 11.7. The summed E-state index contributed by atoms with van der Waals surface area (Å²) in [7, 11) is -4.25. The molecule has 0 aliphatic carbocycles. The first-order valence-electron chi connectivity index (χ1n) is 7.39. The minimum absolute atomic E-state index is 0.0942. The van der Waals surface area contributed by atoms with Gasteiger partial charge in [0.1, 0.15) is 0 Å². The molecule has 1 rings (SSSR count). The van der Waals surface area contributed by atoms with Crippen molar-refractivity contribution in [3.8, 4) is 0 Å². The third-order valence-corrected chi connectivity index (χ3v) is 8.08. The molecule has 0 aromatic heterocycles. The van der Waals surface area contributed by atoms with Gasteiger partial charge in [-0.2, -0.15) is 0 Å². The summed E-state index contributed by atoms with van der Waals surface area (Å²) >= 11 is 1.38. The van der Waals surface area contributed by atoms with Crippen LogP contribution in [0.2, 0.25) is 16.0 Å². The Morgan fingerprint density at radius 2 is 1.50 bits per heavy atom. The fourth-order valence-electron chi connectivity index (χ4n) is 1.74. The number of hydrogen-bond acceptors (Lipinski definition) is 3. The zero-order valence-corrected chi connectivity index (χ0v) is 16.9. The summed E-state index contributed by atoms with van der Waals surface area (Å²) < 4.78 is 33.3. The van der Waals surface area contributed by atoms with Crippen molar-refractivity contribution in [2.24, 2.45) is 0 Å². The van der Waals surface area contributed by atoms with Gasteiger partial charge in [0.15, 0.2) is 0 Å². The van der Waals surface area contributed by atoms with E-state index in [2.05, 4.69) is 34.5 Å². The average molecular weight is 458 g/mol. The van der Waals surface area contributed by atoms with Crippen LogP contribution in [-0.4, -0.2) is 49.5 Å². The molecule has 22 heavy (non-hydrogen) atoms. The van der Waals surface area contributed by atoms with Crippen molar-refractivity contribution in [1.29, 1.82) is 0 Å². The fourth-order valence-corrected chi connectivity index (χ4v) is 6.27. The molecule has 4 nitrogen and oxygen atoms in total. The van der Waals surface area contributed by atoms with Crippen LogP contribution in [0.15, 0.2) is 30.3 Å². The molecular weight excluding hydrogens is 434 g/mol. The van der Waals surface area contributed by atoms with Gasteiger partial charge >= 0.3 is 147 Å². The van der Waals surface area contributed by atoms with Crippen molar-refractivity contribution in [2.45, 2.75) is 47.0 Å². The van der Waals surface area contributed by atoms with Gasteiger partial charge in [-0.15, -0.1) is 0 Å². The van der Waals surface area contributed by atoms with Gasteiger partial charge in [0.05, 0.1) is 0 Å². The Balaban J connectivity index is 1.80. The molecule has 0 saturated heterocycles. The van der Waals surface area contributed by atoms with Gasteiger partial charge < -0.3 is 0 Å². The molecule has 0 unspecified atom stereocenters. The Bertz CT molecular complexity index is 480. The third-order valence-electron chi connectivity index (χ3n) is 2.85. The summed E-state index contributed by atoms with van der Waals surface area (Å²) in [6, 6.07) is 10.7. The molecule has 0 spiro atoms. The predicted molar refractivity (Wildman–Crippen MR) is 92.0 cm³/mol. The van der Waals surface area contributed by atoms with Crippen molar-refractivity contribution >= 4 is 40.3 Å². The Hall–Kier alpha value is 0.129. The van der Waals surface area contributed by atoms with E-state index >= 15 is 0 Å².